The van der Waals surface area contributed by atoms with Crippen molar-refractivity contribution in [2.45, 2.75) is 0 Å². The SMILES string of the molecule is Nc1ccnc(Cl)c1I. The number of nitrogens with zero attached hydrogens (tertiary/aromatic N) is 1. The predicted molar refractivity (Wildman–Crippen MR) is 46.4 cm³/mol. The van der Waals surface area contributed by atoms with Gasteiger partial charge in [0.15, 0.2) is 0 Å². The summed E-state index contributed by atoms with van der Waals surface area (Å²) in [6.45, 7) is 0. The third kappa shape index (κ3) is 1.46. The summed E-state index contributed by atoms with van der Waals surface area (Å²) < 4.78 is 0.816. The molecule has 1 rings (SSSR count). The minimum absolute atomic E-state index is 0.468. The molecule has 4 heteroatoms. The minimum Gasteiger partial charge on any atom is -0.398 e. The molecule has 0 unspecified atom stereocenters. The summed E-state index contributed by atoms with van der Waals surface area (Å²) in [5, 5.41) is 0.468. The van der Waals surface area contributed by atoms with E-state index in [4.69, 9.17) is 17.3 Å². The van der Waals surface area contributed by atoms with Gasteiger partial charge in [-0.25, -0.2) is 4.98 Å². The molecular weight excluding hydrogens is 250 g/mol. The van der Waals surface area contributed by atoms with E-state index in [2.05, 4.69) is 4.98 Å². The van der Waals surface area contributed by atoms with E-state index in [1.807, 2.05) is 22.6 Å². The van der Waals surface area contributed by atoms with Gasteiger partial charge in [0, 0.05) is 11.9 Å². The fourth-order valence-electron chi connectivity index (χ4n) is 0.432. The number of rotatable bonds is 0. The van der Waals surface area contributed by atoms with Gasteiger partial charge in [-0.05, 0) is 28.7 Å². The van der Waals surface area contributed by atoms with Gasteiger partial charge >= 0.3 is 0 Å². The van der Waals surface area contributed by atoms with E-state index in [1.54, 1.807) is 12.3 Å². The Bertz CT molecular complexity index is 206. The van der Waals surface area contributed by atoms with Crippen LogP contribution in [0.15, 0.2) is 12.3 Å². The van der Waals surface area contributed by atoms with Crippen LogP contribution in [0.3, 0.4) is 0 Å². The van der Waals surface area contributed by atoms with Crippen LogP contribution in [0, 0.1) is 3.57 Å². The predicted octanol–water partition coefficient (Wildman–Crippen LogP) is 1.92. The van der Waals surface area contributed by atoms with Crippen LogP contribution in [-0.2, 0) is 0 Å². The van der Waals surface area contributed by atoms with E-state index in [0.717, 1.165) is 3.57 Å². The second kappa shape index (κ2) is 2.70. The fraction of sp³-hybridized carbons (Fsp3) is 0. The number of nitrogens with two attached hydrogens (primary N) is 1. The molecule has 0 fully saturated rings. The molecule has 1 aromatic heterocycles. The molecule has 0 atom stereocenters. The van der Waals surface area contributed by atoms with E-state index in [1.165, 1.54) is 0 Å². The van der Waals surface area contributed by atoms with Gasteiger partial charge < -0.3 is 5.73 Å². The van der Waals surface area contributed by atoms with Crippen LogP contribution in [0.1, 0.15) is 0 Å². The second-order valence-corrected chi connectivity index (χ2v) is 2.94. The molecule has 0 bridgehead atoms. The van der Waals surface area contributed by atoms with E-state index in [0.29, 0.717) is 10.8 Å². The fourth-order valence-corrected chi connectivity index (χ4v) is 0.916. The van der Waals surface area contributed by atoms with Crippen molar-refractivity contribution in [2.24, 2.45) is 0 Å². The van der Waals surface area contributed by atoms with Crippen molar-refractivity contribution in [3.8, 4) is 0 Å². The first-order valence-electron chi connectivity index (χ1n) is 2.27. The lowest BCUT2D eigenvalue weighted by Crippen LogP contribution is -1.90. The molecule has 0 aliphatic heterocycles. The maximum Gasteiger partial charge on any atom is 0.144 e. The number of aromatic nitrogens is 1. The zero-order valence-corrected chi connectivity index (χ0v) is 7.35. The first-order valence-corrected chi connectivity index (χ1v) is 3.73. The molecule has 0 amide bonds. The quantitative estimate of drug-likeness (QED) is 0.567. The van der Waals surface area contributed by atoms with Crippen LogP contribution < -0.4 is 5.73 Å². The van der Waals surface area contributed by atoms with Crippen LogP contribution in [0.25, 0.3) is 0 Å². The maximum absolute atomic E-state index is 5.62. The lowest BCUT2D eigenvalue weighted by molar-refractivity contribution is 1.31. The Morgan fingerprint density at radius 1 is 1.67 bits per heavy atom. The van der Waals surface area contributed by atoms with Crippen molar-refractivity contribution in [2.75, 3.05) is 5.73 Å². The van der Waals surface area contributed by atoms with Crippen LogP contribution >= 0.6 is 34.2 Å². The lowest BCUT2D eigenvalue weighted by atomic mass is 10.4. The smallest absolute Gasteiger partial charge is 0.144 e. The first kappa shape index (κ1) is 7.08. The summed E-state index contributed by atoms with van der Waals surface area (Å²) in [5.41, 5.74) is 6.17. The monoisotopic (exact) mass is 254 g/mol. The molecule has 0 aliphatic rings. The summed E-state index contributed by atoms with van der Waals surface area (Å²) in [5.74, 6) is 0. The van der Waals surface area contributed by atoms with Crippen molar-refractivity contribution in [3.05, 3.63) is 21.0 Å². The van der Waals surface area contributed by atoms with E-state index in [-0.39, 0.29) is 0 Å². The minimum atomic E-state index is 0.468. The van der Waals surface area contributed by atoms with Gasteiger partial charge in [-0.1, -0.05) is 11.6 Å². The van der Waals surface area contributed by atoms with E-state index >= 15 is 0 Å². The molecule has 1 aromatic rings. The average molecular weight is 254 g/mol. The van der Waals surface area contributed by atoms with Gasteiger partial charge in [-0.2, -0.15) is 0 Å². The van der Waals surface area contributed by atoms with E-state index < -0.39 is 0 Å². The molecule has 0 aliphatic carbocycles. The van der Waals surface area contributed by atoms with Crippen molar-refractivity contribution < 1.29 is 0 Å². The number of anilines is 1. The Morgan fingerprint density at radius 3 is 2.78 bits per heavy atom. The number of halogens is 2. The van der Waals surface area contributed by atoms with E-state index in [9.17, 15) is 0 Å². The third-order valence-electron chi connectivity index (χ3n) is 0.877. The largest absolute Gasteiger partial charge is 0.398 e. The molecule has 0 saturated carbocycles. The highest BCUT2D eigenvalue weighted by Gasteiger charge is 1.98. The molecule has 9 heavy (non-hydrogen) atoms. The topological polar surface area (TPSA) is 38.9 Å². The van der Waals surface area contributed by atoms with Gasteiger partial charge in [0.25, 0.3) is 0 Å². The van der Waals surface area contributed by atoms with Gasteiger partial charge in [0.2, 0.25) is 0 Å². The molecule has 0 radical (unpaired) electrons. The zero-order valence-electron chi connectivity index (χ0n) is 4.44. The number of nitrogen functional groups attached to an aromatic ring is 1. The van der Waals surface area contributed by atoms with Crippen LogP contribution in [0.4, 0.5) is 5.69 Å². The highest BCUT2D eigenvalue weighted by molar-refractivity contribution is 14.1. The average Bonchev–Trinajstić information content (AvgIpc) is 1.83. The summed E-state index contributed by atoms with van der Waals surface area (Å²) in [7, 11) is 0. The van der Waals surface area contributed by atoms with Crippen molar-refractivity contribution >= 4 is 39.9 Å². The molecular formula is C5H4ClIN2. The van der Waals surface area contributed by atoms with Gasteiger partial charge in [-0.15, -0.1) is 0 Å². The Balaban J connectivity index is 3.25. The second-order valence-electron chi connectivity index (χ2n) is 1.50. The zero-order chi connectivity index (χ0) is 6.85. The number of pyridine rings is 1. The number of hydrogen-bond acceptors (Lipinski definition) is 2. The summed E-state index contributed by atoms with van der Waals surface area (Å²) in [4.78, 5) is 3.82. The highest BCUT2D eigenvalue weighted by atomic mass is 127. The van der Waals surface area contributed by atoms with Gasteiger partial charge in [-0.3, -0.25) is 0 Å². The van der Waals surface area contributed by atoms with Gasteiger partial charge in [0.05, 0.1) is 3.57 Å². The summed E-state index contributed by atoms with van der Waals surface area (Å²) in [6.07, 6.45) is 1.58. The molecule has 0 saturated heterocycles. The highest BCUT2D eigenvalue weighted by Crippen LogP contribution is 2.20. The molecule has 2 nitrogen and oxygen atoms in total. The van der Waals surface area contributed by atoms with Crippen LogP contribution in [0.2, 0.25) is 5.15 Å². The van der Waals surface area contributed by atoms with Gasteiger partial charge in [0.1, 0.15) is 5.15 Å². The van der Waals surface area contributed by atoms with Crippen LogP contribution in [-0.4, -0.2) is 4.98 Å². The summed E-state index contributed by atoms with van der Waals surface area (Å²) in [6, 6.07) is 1.72. The number of hydrogen-bond donors (Lipinski definition) is 1. The molecule has 0 aromatic carbocycles. The normalized spacial score (nSPS) is 9.56. The molecule has 2 N–H and O–H groups in total. The molecule has 48 valence electrons. The van der Waals surface area contributed by atoms with Crippen LogP contribution in [0.5, 0.6) is 0 Å². The Kier molecular flexibility index (Phi) is 2.13. The lowest BCUT2D eigenvalue weighted by Gasteiger charge is -1.96. The van der Waals surface area contributed by atoms with Crippen molar-refractivity contribution in [3.63, 3.8) is 0 Å². The molecule has 1 heterocycles. The molecule has 0 spiro atoms. The maximum atomic E-state index is 5.62. The Labute approximate surface area is 71.6 Å². The Morgan fingerprint density at radius 2 is 2.33 bits per heavy atom. The third-order valence-corrected chi connectivity index (χ3v) is 2.62. The Hall–Kier alpha value is -0.0300. The first-order chi connectivity index (χ1) is 4.22. The summed E-state index contributed by atoms with van der Waals surface area (Å²) >= 11 is 7.66. The standard InChI is InChI=1S/C5H4ClIN2/c6-5-4(7)3(8)1-2-9-5/h1-2H,(H2,8,9). The van der Waals surface area contributed by atoms with Crippen molar-refractivity contribution in [1.29, 1.82) is 0 Å². The van der Waals surface area contributed by atoms with Crippen molar-refractivity contribution in [1.82, 2.24) is 4.98 Å².